The van der Waals surface area contributed by atoms with Crippen LogP contribution in [0.4, 0.5) is 13.2 Å². The van der Waals surface area contributed by atoms with Crippen molar-refractivity contribution >= 4 is 16.8 Å². The van der Waals surface area contributed by atoms with Crippen LogP contribution in [0.5, 0.6) is 0 Å². The highest BCUT2D eigenvalue weighted by molar-refractivity contribution is 6.15. The summed E-state index contributed by atoms with van der Waals surface area (Å²) in [4.78, 5) is 29.3. The van der Waals surface area contributed by atoms with Crippen LogP contribution in [0, 0.1) is 0 Å². The first kappa shape index (κ1) is 23.5. The van der Waals surface area contributed by atoms with Crippen LogP contribution in [0.2, 0.25) is 0 Å². The lowest BCUT2D eigenvalue weighted by molar-refractivity contribution is -0.140. The number of alkyl halides is 3. The van der Waals surface area contributed by atoms with Gasteiger partial charge in [0.05, 0.1) is 17.3 Å². The van der Waals surface area contributed by atoms with Gasteiger partial charge >= 0.3 is 6.18 Å². The van der Waals surface area contributed by atoms with E-state index in [1.165, 1.54) is 11.6 Å². The van der Waals surface area contributed by atoms with Gasteiger partial charge in [-0.25, -0.2) is 15.0 Å². The standard InChI is InChI=1S/C27H22F3N5O/c1-15(2)18-6-4-5-7-19(18)25-32-13-21-23(34-25)20(12-31-21)24(36)16-8-10-17(11-9-16)26-33-22(14-35(26)3)27(28,29)30/h4-15,31H,1-3H3. The highest BCUT2D eigenvalue weighted by atomic mass is 19.4. The molecule has 9 heteroatoms. The summed E-state index contributed by atoms with van der Waals surface area (Å²) in [5.41, 5.74) is 3.43. The molecular formula is C27H22F3N5O. The molecular weight excluding hydrogens is 467 g/mol. The second-order valence-electron chi connectivity index (χ2n) is 8.87. The molecule has 0 aliphatic heterocycles. The molecule has 0 aliphatic carbocycles. The number of ketones is 1. The highest BCUT2D eigenvalue weighted by Crippen LogP contribution is 2.31. The number of fused-ring (bicyclic) bond motifs is 1. The van der Waals surface area contributed by atoms with E-state index in [1.54, 1.807) is 36.7 Å². The molecule has 0 aliphatic rings. The van der Waals surface area contributed by atoms with Crippen molar-refractivity contribution in [1.82, 2.24) is 24.5 Å². The van der Waals surface area contributed by atoms with Crippen LogP contribution in [-0.4, -0.2) is 30.3 Å². The molecule has 182 valence electrons. The molecule has 3 aromatic heterocycles. The Kier molecular flexibility index (Phi) is 5.70. The Morgan fingerprint density at radius 1 is 1.03 bits per heavy atom. The van der Waals surface area contributed by atoms with Gasteiger partial charge in [0.1, 0.15) is 11.3 Å². The van der Waals surface area contributed by atoms with E-state index in [9.17, 15) is 18.0 Å². The van der Waals surface area contributed by atoms with Gasteiger partial charge < -0.3 is 9.55 Å². The van der Waals surface area contributed by atoms with Crippen molar-refractivity contribution in [3.05, 3.63) is 89.5 Å². The van der Waals surface area contributed by atoms with Gasteiger partial charge in [0.25, 0.3) is 0 Å². The smallest absolute Gasteiger partial charge is 0.358 e. The zero-order chi connectivity index (χ0) is 25.6. The van der Waals surface area contributed by atoms with E-state index in [-0.39, 0.29) is 17.5 Å². The Bertz CT molecular complexity index is 1580. The zero-order valence-electron chi connectivity index (χ0n) is 19.8. The van der Waals surface area contributed by atoms with Crippen molar-refractivity contribution in [3.8, 4) is 22.8 Å². The minimum absolute atomic E-state index is 0.162. The number of imidazole rings is 1. The van der Waals surface area contributed by atoms with Gasteiger partial charge in [-0.05, 0) is 11.5 Å². The first-order chi connectivity index (χ1) is 17.1. The number of nitrogens with one attached hydrogen (secondary N) is 1. The van der Waals surface area contributed by atoms with Gasteiger partial charge in [-0.3, -0.25) is 4.79 Å². The molecule has 0 spiro atoms. The first-order valence-corrected chi connectivity index (χ1v) is 11.3. The van der Waals surface area contributed by atoms with Crippen LogP contribution in [0.15, 0.2) is 67.1 Å². The third-order valence-corrected chi connectivity index (χ3v) is 6.06. The molecule has 0 atom stereocenters. The summed E-state index contributed by atoms with van der Waals surface area (Å²) in [7, 11) is 1.50. The van der Waals surface area contributed by atoms with E-state index in [4.69, 9.17) is 4.98 Å². The molecule has 0 saturated heterocycles. The van der Waals surface area contributed by atoms with Crippen molar-refractivity contribution in [1.29, 1.82) is 0 Å². The SMILES string of the molecule is CC(C)c1ccccc1-c1ncc2[nH]cc(C(=O)c3ccc(-c4nc(C(F)(F)F)cn4C)cc3)c2n1. The normalized spacial score (nSPS) is 12.0. The van der Waals surface area contributed by atoms with Crippen molar-refractivity contribution in [3.63, 3.8) is 0 Å². The molecule has 6 nitrogen and oxygen atoms in total. The van der Waals surface area contributed by atoms with Gasteiger partial charge in [-0.15, -0.1) is 0 Å². The number of aromatic amines is 1. The summed E-state index contributed by atoms with van der Waals surface area (Å²) in [5.74, 6) is 0.711. The Labute approximate surface area is 204 Å². The molecule has 0 fully saturated rings. The Morgan fingerprint density at radius 3 is 2.42 bits per heavy atom. The quantitative estimate of drug-likeness (QED) is 0.290. The third kappa shape index (κ3) is 4.17. The van der Waals surface area contributed by atoms with Crippen LogP contribution in [0.1, 0.15) is 46.9 Å². The van der Waals surface area contributed by atoms with Crippen LogP contribution in [0.3, 0.4) is 0 Å². The fourth-order valence-corrected chi connectivity index (χ4v) is 4.22. The number of benzene rings is 2. The van der Waals surface area contributed by atoms with Gasteiger partial charge in [0.15, 0.2) is 17.3 Å². The summed E-state index contributed by atoms with van der Waals surface area (Å²) >= 11 is 0. The van der Waals surface area contributed by atoms with Crippen LogP contribution in [0.25, 0.3) is 33.8 Å². The molecule has 0 amide bonds. The van der Waals surface area contributed by atoms with E-state index in [2.05, 4.69) is 28.8 Å². The van der Waals surface area contributed by atoms with E-state index < -0.39 is 11.9 Å². The van der Waals surface area contributed by atoms with E-state index in [1.807, 2.05) is 24.3 Å². The summed E-state index contributed by atoms with van der Waals surface area (Å²) in [6.45, 7) is 4.20. The number of halogens is 3. The summed E-state index contributed by atoms with van der Waals surface area (Å²) in [6.07, 6.45) is -0.331. The summed E-state index contributed by atoms with van der Waals surface area (Å²) in [6, 6.07) is 14.2. The monoisotopic (exact) mass is 489 g/mol. The van der Waals surface area contributed by atoms with Crippen LogP contribution < -0.4 is 0 Å². The maximum absolute atomic E-state index is 13.3. The number of H-pyrrole nitrogens is 1. The summed E-state index contributed by atoms with van der Waals surface area (Å²) < 4.78 is 40.4. The minimum atomic E-state index is -4.53. The lowest BCUT2D eigenvalue weighted by Crippen LogP contribution is -2.05. The Morgan fingerprint density at radius 2 is 1.75 bits per heavy atom. The van der Waals surface area contributed by atoms with Gasteiger partial charge in [-0.2, -0.15) is 13.2 Å². The number of carbonyl (C=O) groups is 1. The Hall–Kier alpha value is -4.27. The fraction of sp³-hybridized carbons (Fsp3) is 0.185. The number of carbonyl (C=O) groups excluding carboxylic acids is 1. The number of aromatic nitrogens is 5. The Balaban J connectivity index is 1.49. The number of hydrogen-bond acceptors (Lipinski definition) is 4. The first-order valence-electron chi connectivity index (χ1n) is 11.3. The zero-order valence-corrected chi connectivity index (χ0v) is 19.8. The molecule has 0 saturated carbocycles. The molecule has 0 bridgehead atoms. The average molecular weight is 490 g/mol. The molecule has 5 aromatic rings. The molecule has 5 rings (SSSR count). The highest BCUT2D eigenvalue weighted by Gasteiger charge is 2.34. The van der Waals surface area contributed by atoms with Gasteiger partial charge in [-0.1, -0.05) is 62.4 Å². The topological polar surface area (TPSA) is 76.5 Å². The molecule has 2 aromatic carbocycles. The number of aryl methyl sites for hydroxylation is 1. The molecule has 36 heavy (non-hydrogen) atoms. The number of nitrogens with zero attached hydrogens (tertiary/aromatic N) is 4. The van der Waals surface area contributed by atoms with Gasteiger partial charge in [0.2, 0.25) is 0 Å². The lowest BCUT2D eigenvalue weighted by atomic mass is 9.97. The van der Waals surface area contributed by atoms with Crippen molar-refractivity contribution in [2.75, 3.05) is 0 Å². The van der Waals surface area contributed by atoms with Crippen LogP contribution in [-0.2, 0) is 13.2 Å². The van der Waals surface area contributed by atoms with Gasteiger partial charge in [0, 0.05) is 36.1 Å². The fourth-order valence-electron chi connectivity index (χ4n) is 4.22. The van der Waals surface area contributed by atoms with E-state index >= 15 is 0 Å². The molecule has 0 unspecified atom stereocenters. The van der Waals surface area contributed by atoms with Crippen molar-refractivity contribution in [2.24, 2.45) is 7.05 Å². The average Bonchev–Trinajstić information content (AvgIpc) is 3.47. The van der Waals surface area contributed by atoms with E-state index in [0.29, 0.717) is 33.5 Å². The number of hydrogen-bond donors (Lipinski definition) is 1. The lowest BCUT2D eigenvalue weighted by Gasteiger charge is -2.11. The minimum Gasteiger partial charge on any atom is -0.358 e. The second kappa shape index (κ2) is 8.75. The molecule has 1 N–H and O–H groups in total. The van der Waals surface area contributed by atoms with Crippen LogP contribution >= 0.6 is 0 Å². The number of rotatable bonds is 5. The second-order valence-corrected chi connectivity index (χ2v) is 8.87. The maximum Gasteiger partial charge on any atom is 0.434 e. The third-order valence-electron chi connectivity index (χ3n) is 6.06. The van der Waals surface area contributed by atoms with Crippen molar-refractivity contribution in [2.45, 2.75) is 25.9 Å². The van der Waals surface area contributed by atoms with Crippen molar-refractivity contribution < 1.29 is 18.0 Å². The predicted octanol–water partition coefficient (Wildman–Crippen LogP) is 6.40. The maximum atomic E-state index is 13.3. The molecule has 0 radical (unpaired) electrons. The molecule has 3 heterocycles. The van der Waals surface area contributed by atoms with E-state index in [0.717, 1.165) is 17.3 Å². The predicted molar refractivity (Wildman–Crippen MR) is 130 cm³/mol. The largest absolute Gasteiger partial charge is 0.434 e. The summed E-state index contributed by atoms with van der Waals surface area (Å²) in [5, 5.41) is 0.